The first-order valence-corrected chi connectivity index (χ1v) is 3.84. The number of rotatable bonds is 2. The molecule has 64 valence electrons. The summed E-state index contributed by atoms with van der Waals surface area (Å²) in [4.78, 5) is 4.13. The Bertz CT molecular complexity index is 279. The van der Waals surface area contributed by atoms with Gasteiger partial charge in [-0.2, -0.15) is 0 Å². The number of aliphatic imine (C=N–C) groups is 1. The van der Waals surface area contributed by atoms with Crippen molar-refractivity contribution in [3.63, 3.8) is 0 Å². The molecule has 0 saturated carbocycles. The van der Waals surface area contributed by atoms with E-state index >= 15 is 0 Å². The maximum atomic E-state index is 5.65. The molecule has 0 spiro atoms. The van der Waals surface area contributed by atoms with Gasteiger partial charge in [0, 0.05) is 12.3 Å². The minimum Gasteiger partial charge on any atom is -0.397 e. The lowest BCUT2D eigenvalue weighted by atomic mass is 10.3. The Hall–Kier alpha value is -1.35. The third kappa shape index (κ3) is 2.36. The first-order valence-electron chi connectivity index (χ1n) is 3.84. The lowest BCUT2D eigenvalue weighted by molar-refractivity contribution is 0.996. The largest absolute Gasteiger partial charge is 0.397 e. The fourth-order valence-electron chi connectivity index (χ4n) is 0.803. The summed E-state index contributed by atoms with van der Waals surface area (Å²) in [7, 11) is 0. The predicted molar refractivity (Wildman–Crippen MR) is 52.7 cm³/mol. The Morgan fingerprint density at radius 3 is 2.67 bits per heavy atom. The molecular weight excluding hydrogens is 150 g/mol. The van der Waals surface area contributed by atoms with Crippen molar-refractivity contribution in [1.29, 1.82) is 0 Å². The van der Waals surface area contributed by atoms with Crippen molar-refractivity contribution in [2.45, 2.75) is 13.0 Å². The van der Waals surface area contributed by atoms with Crippen LogP contribution in [0.15, 0.2) is 29.3 Å². The molecule has 1 atom stereocenters. The van der Waals surface area contributed by atoms with Crippen molar-refractivity contribution in [2.75, 3.05) is 5.73 Å². The van der Waals surface area contributed by atoms with Gasteiger partial charge in [0.2, 0.25) is 0 Å². The maximum Gasteiger partial charge on any atom is 0.0855 e. The van der Waals surface area contributed by atoms with Crippen LogP contribution in [0.25, 0.3) is 0 Å². The van der Waals surface area contributed by atoms with Gasteiger partial charge in [-0.15, -0.1) is 0 Å². The second kappa shape index (κ2) is 3.88. The fraction of sp³-hybridized carbons (Fsp3) is 0.222. The summed E-state index contributed by atoms with van der Waals surface area (Å²) in [5.74, 6) is 0. The van der Waals surface area contributed by atoms with Gasteiger partial charge >= 0.3 is 0 Å². The minimum absolute atomic E-state index is 0.0374. The molecule has 0 aromatic heterocycles. The summed E-state index contributed by atoms with van der Waals surface area (Å²) >= 11 is 0. The van der Waals surface area contributed by atoms with E-state index < -0.39 is 0 Å². The van der Waals surface area contributed by atoms with Gasteiger partial charge in [-0.1, -0.05) is 12.1 Å². The SMILES string of the molecule is CC(N)C=Nc1ccccc1N. The number of para-hydroxylation sites is 2. The molecule has 0 aliphatic rings. The Morgan fingerprint density at radius 2 is 2.08 bits per heavy atom. The van der Waals surface area contributed by atoms with Gasteiger partial charge in [0.1, 0.15) is 0 Å². The van der Waals surface area contributed by atoms with Crippen LogP contribution >= 0.6 is 0 Å². The number of hydrogen-bond acceptors (Lipinski definition) is 3. The average Bonchev–Trinajstić information content (AvgIpc) is 2.03. The highest BCUT2D eigenvalue weighted by Crippen LogP contribution is 2.19. The van der Waals surface area contributed by atoms with Crippen LogP contribution in [0.2, 0.25) is 0 Å². The Balaban J connectivity index is 2.82. The lowest BCUT2D eigenvalue weighted by Gasteiger charge is -1.98. The van der Waals surface area contributed by atoms with E-state index in [2.05, 4.69) is 4.99 Å². The molecule has 12 heavy (non-hydrogen) atoms. The van der Waals surface area contributed by atoms with Crippen molar-refractivity contribution in [3.8, 4) is 0 Å². The molecule has 0 aliphatic heterocycles. The summed E-state index contributed by atoms with van der Waals surface area (Å²) in [5.41, 5.74) is 12.6. The highest BCUT2D eigenvalue weighted by atomic mass is 14.8. The predicted octanol–water partition coefficient (Wildman–Crippen LogP) is 1.32. The zero-order valence-corrected chi connectivity index (χ0v) is 7.07. The molecule has 4 N–H and O–H groups in total. The van der Waals surface area contributed by atoms with Gasteiger partial charge in [0.05, 0.1) is 11.4 Å². The third-order valence-electron chi connectivity index (χ3n) is 1.39. The third-order valence-corrected chi connectivity index (χ3v) is 1.39. The van der Waals surface area contributed by atoms with Crippen molar-refractivity contribution in [2.24, 2.45) is 10.7 Å². The monoisotopic (exact) mass is 163 g/mol. The molecule has 0 amide bonds. The Morgan fingerprint density at radius 1 is 1.42 bits per heavy atom. The molecular formula is C9H13N3. The van der Waals surface area contributed by atoms with Crippen LogP contribution in [0.5, 0.6) is 0 Å². The topological polar surface area (TPSA) is 64.4 Å². The zero-order chi connectivity index (χ0) is 8.97. The number of nitrogen functional groups attached to an aromatic ring is 1. The summed E-state index contributed by atoms with van der Waals surface area (Å²) in [6.45, 7) is 1.86. The van der Waals surface area contributed by atoms with E-state index in [1.165, 1.54) is 0 Å². The second-order valence-electron chi connectivity index (χ2n) is 2.70. The van der Waals surface area contributed by atoms with Gasteiger partial charge in [-0.3, -0.25) is 4.99 Å². The number of hydrogen-bond donors (Lipinski definition) is 2. The van der Waals surface area contributed by atoms with Crippen molar-refractivity contribution >= 4 is 17.6 Å². The standard InChI is InChI=1S/C9H13N3/c1-7(10)6-12-9-5-3-2-4-8(9)11/h2-7H,10-11H2,1H3. The van der Waals surface area contributed by atoms with Gasteiger partial charge in [0.15, 0.2) is 0 Å². The number of anilines is 1. The van der Waals surface area contributed by atoms with Crippen LogP contribution in [0, 0.1) is 0 Å². The van der Waals surface area contributed by atoms with Crippen LogP contribution in [0.4, 0.5) is 11.4 Å². The van der Waals surface area contributed by atoms with Crippen molar-refractivity contribution in [1.82, 2.24) is 0 Å². The molecule has 1 unspecified atom stereocenters. The molecule has 0 fully saturated rings. The molecule has 1 rings (SSSR count). The molecule has 3 nitrogen and oxygen atoms in total. The molecule has 0 saturated heterocycles. The second-order valence-corrected chi connectivity index (χ2v) is 2.70. The summed E-state index contributed by atoms with van der Waals surface area (Å²) in [6, 6.07) is 7.40. The number of nitrogens with zero attached hydrogens (tertiary/aromatic N) is 1. The van der Waals surface area contributed by atoms with E-state index in [9.17, 15) is 0 Å². The van der Waals surface area contributed by atoms with E-state index in [1.807, 2.05) is 31.2 Å². The summed E-state index contributed by atoms with van der Waals surface area (Å²) in [5, 5.41) is 0. The highest BCUT2D eigenvalue weighted by Gasteiger charge is 1.92. The van der Waals surface area contributed by atoms with Crippen LogP contribution in [-0.4, -0.2) is 12.3 Å². The minimum atomic E-state index is -0.0374. The van der Waals surface area contributed by atoms with Gasteiger partial charge in [0.25, 0.3) is 0 Å². The molecule has 0 radical (unpaired) electrons. The molecule has 3 heteroatoms. The Kier molecular flexibility index (Phi) is 2.82. The van der Waals surface area contributed by atoms with Crippen molar-refractivity contribution < 1.29 is 0 Å². The fourth-order valence-corrected chi connectivity index (χ4v) is 0.803. The van der Waals surface area contributed by atoms with E-state index in [0.717, 1.165) is 5.69 Å². The normalized spacial score (nSPS) is 13.5. The van der Waals surface area contributed by atoms with E-state index in [-0.39, 0.29) is 6.04 Å². The van der Waals surface area contributed by atoms with Crippen LogP contribution in [0.3, 0.4) is 0 Å². The molecule has 0 aliphatic carbocycles. The summed E-state index contributed by atoms with van der Waals surface area (Å²) in [6.07, 6.45) is 1.67. The van der Waals surface area contributed by atoms with Crippen LogP contribution in [0.1, 0.15) is 6.92 Å². The Labute approximate surface area is 72.1 Å². The van der Waals surface area contributed by atoms with Gasteiger partial charge in [-0.25, -0.2) is 0 Å². The zero-order valence-electron chi connectivity index (χ0n) is 7.07. The van der Waals surface area contributed by atoms with Gasteiger partial charge in [-0.05, 0) is 19.1 Å². The van der Waals surface area contributed by atoms with Gasteiger partial charge < -0.3 is 11.5 Å². The first-order chi connectivity index (χ1) is 5.70. The smallest absolute Gasteiger partial charge is 0.0855 e. The van der Waals surface area contributed by atoms with E-state index in [0.29, 0.717) is 5.69 Å². The molecule has 1 aromatic rings. The van der Waals surface area contributed by atoms with Crippen LogP contribution < -0.4 is 11.5 Å². The first kappa shape index (κ1) is 8.74. The molecule has 0 bridgehead atoms. The lowest BCUT2D eigenvalue weighted by Crippen LogP contribution is -2.15. The molecule has 1 aromatic carbocycles. The summed E-state index contributed by atoms with van der Waals surface area (Å²) < 4.78 is 0. The number of benzene rings is 1. The quantitative estimate of drug-likeness (QED) is 0.510. The maximum absolute atomic E-state index is 5.65. The van der Waals surface area contributed by atoms with Crippen LogP contribution in [-0.2, 0) is 0 Å². The van der Waals surface area contributed by atoms with E-state index in [1.54, 1.807) is 6.21 Å². The highest BCUT2D eigenvalue weighted by molar-refractivity contribution is 5.73. The van der Waals surface area contributed by atoms with Crippen molar-refractivity contribution in [3.05, 3.63) is 24.3 Å². The molecule has 0 heterocycles. The average molecular weight is 163 g/mol. The van der Waals surface area contributed by atoms with E-state index in [4.69, 9.17) is 11.5 Å². The number of nitrogens with two attached hydrogens (primary N) is 2.